The third-order valence-electron chi connectivity index (χ3n) is 8.21. The fourth-order valence-corrected chi connectivity index (χ4v) is 5.18. The Morgan fingerprint density at radius 1 is 0.783 bits per heavy atom. The third kappa shape index (κ3) is 12.1. The first-order valence-corrected chi connectivity index (χ1v) is 15.9. The molecule has 0 saturated heterocycles. The lowest BCUT2D eigenvalue weighted by Crippen LogP contribution is -3.00. The molecule has 10 heteroatoms. The Hall–Kier alpha value is -3.37. The summed E-state index contributed by atoms with van der Waals surface area (Å²) in [4.78, 5) is 25.8. The van der Waals surface area contributed by atoms with Crippen molar-refractivity contribution in [1.29, 1.82) is 0 Å². The van der Waals surface area contributed by atoms with Gasteiger partial charge in [-0.25, -0.2) is 4.79 Å². The number of quaternary nitrogens is 1. The van der Waals surface area contributed by atoms with E-state index in [4.69, 9.17) is 9.47 Å². The molecule has 0 unspecified atom stereocenters. The topological polar surface area (TPSA) is 64.6 Å². The predicted octanol–water partition coefficient (Wildman–Crippen LogP) is 5.91. The van der Waals surface area contributed by atoms with Crippen molar-refractivity contribution in [2.24, 2.45) is 0 Å². The van der Waals surface area contributed by atoms with Gasteiger partial charge in [0.05, 0.1) is 36.4 Å². The van der Waals surface area contributed by atoms with E-state index in [9.17, 15) is 22.8 Å². The number of benzene rings is 3. The number of para-hydroxylation sites is 1. The van der Waals surface area contributed by atoms with E-state index in [1.54, 1.807) is 42.5 Å². The number of nitrogens with zero attached hydrogens (tertiary/aromatic N) is 1. The number of likely N-dealkylation sites (N-methyl/N-ethyl adjacent to an activating group) is 1. The molecule has 3 rings (SSSR count). The highest BCUT2D eigenvalue weighted by atomic mass is 79.9. The van der Waals surface area contributed by atoms with E-state index < -0.39 is 17.7 Å². The molecule has 0 bridgehead atoms. The molecule has 0 aromatic heterocycles. The van der Waals surface area contributed by atoms with Crippen LogP contribution in [0.3, 0.4) is 0 Å². The number of rotatable bonds is 18. The van der Waals surface area contributed by atoms with E-state index in [0.29, 0.717) is 46.7 Å². The molecule has 0 heterocycles. The second-order valence-corrected chi connectivity index (χ2v) is 11.3. The molecule has 3 aromatic rings. The Balaban J connectivity index is 0.00000736. The number of anilines is 1. The number of nitrogens with one attached hydrogen (secondary N) is 1. The third-order valence-corrected chi connectivity index (χ3v) is 8.21. The number of amides is 1. The Labute approximate surface area is 281 Å². The molecular formula is C36H46BrF3N2O4. The lowest BCUT2D eigenvalue weighted by Gasteiger charge is -2.36. The molecule has 252 valence electrons. The minimum atomic E-state index is -4.37. The van der Waals surface area contributed by atoms with Gasteiger partial charge < -0.3 is 36.3 Å². The van der Waals surface area contributed by atoms with Crippen LogP contribution in [0.25, 0.3) is 0 Å². The zero-order valence-corrected chi connectivity index (χ0v) is 28.6. The van der Waals surface area contributed by atoms with Crippen LogP contribution in [0.5, 0.6) is 5.75 Å². The van der Waals surface area contributed by atoms with Gasteiger partial charge in [-0.05, 0) is 68.8 Å². The Bertz CT molecular complexity index is 1340. The minimum absolute atomic E-state index is 0. The summed E-state index contributed by atoms with van der Waals surface area (Å²) in [6, 6.07) is 18.9. The van der Waals surface area contributed by atoms with Crippen molar-refractivity contribution < 1.29 is 53.7 Å². The fraction of sp³-hybridized carbons (Fsp3) is 0.444. The SMILES string of the molecule is CCCCCCCCOc1ccccc1C(=O)Nc1ccc(C(=O)OCC[N+](CC)(CC)Cc2ccc(C(F)(F)F)cc2)cc1.[Br-]. The molecule has 46 heavy (non-hydrogen) atoms. The van der Waals surface area contributed by atoms with Gasteiger partial charge in [0.15, 0.2) is 0 Å². The van der Waals surface area contributed by atoms with Gasteiger partial charge in [-0.1, -0.05) is 63.3 Å². The molecule has 0 radical (unpaired) electrons. The molecule has 1 N–H and O–H groups in total. The molecule has 1 amide bonds. The van der Waals surface area contributed by atoms with Gasteiger partial charge in [-0.2, -0.15) is 13.2 Å². The van der Waals surface area contributed by atoms with Gasteiger partial charge in [-0.15, -0.1) is 0 Å². The van der Waals surface area contributed by atoms with Crippen LogP contribution >= 0.6 is 0 Å². The van der Waals surface area contributed by atoms with E-state index in [1.165, 1.54) is 37.8 Å². The van der Waals surface area contributed by atoms with Crippen LogP contribution in [-0.4, -0.2) is 49.2 Å². The van der Waals surface area contributed by atoms with Gasteiger partial charge in [-0.3, -0.25) is 4.79 Å². The Morgan fingerprint density at radius 3 is 2.04 bits per heavy atom. The largest absolute Gasteiger partial charge is 1.00 e. The molecule has 0 spiro atoms. The molecule has 3 aromatic carbocycles. The summed E-state index contributed by atoms with van der Waals surface area (Å²) in [5.74, 6) is -0.248. The van der Waals surface area contributed by atoms with E-state index in [0.717, 1.165) is 43.6 Å². The maximum atomic E-state index is 13.0. The molecule has 0 fully saturated rings. The van der Waals surface area contributed by atoms with Crippen molar-refractivity contribution in [3.63, 3.8) is 0 Å². The average molecular weight is 708 g/mol. The zero-order chi connectivity index (χ0) is 32.7. The van der Waals surface area contributed by atoms with Gasteiger partial charge >= 0.3 is 12.1 Å². The summed E-state index contributed by atoms with van der Waals surface area (Å²) < 4.78 is 50.9. The summed E-state index contributed by atoms with van der Waals surface area (Å²) in [5, 5.41) is 2.87. The normalized spacial score (nSPS) is 11.4. The highest BCUT2D eigenvalue weighted by Crippen LogP contribution is 2.29. The van der Waals surface area contributed by atoms with Crippen LogP contribution in [0.2, 0.25) is 0 Å². The molecule has 0 atom stereocenters. The lowest BCUT2D eigenvalue weighted by molar-refractivity contribution is -0.937. The Kier molecular flexibility index (Phi) is 16.3. The minimum Gasteiger partial charge on any atom is -1.00 e. The first-order chi connectivity index (χ1) is 21.6. The van der Waals surface area contributed by atoms with Crippen LogP contribution < -0.4 is 27.0 Å². The van der Waals surface area contributed by atoms with Gasteiger partial charge in [0.2, 0.25) is 0 Å². The maximum Gasteiger partial charge on any atom is 0.416 e. The van der Waals surface area contributed by atoms with Gasteiger partial charge in [0.25, 0.3) is 5.91 Å². The number of ether oxygens (including phenoxy) is 2. The second-order valence-electron chi connectivity index (χ2n) is 11.3. The quantitative estimate of drug-likeness (QED) is 0.102. The smallest absolute Gasteiger partial charge is 0.416 e. The van der Waals surface area contributed by atoms with Crippen LogP contribution in [-0.2, 0) is 17.5 Å². The zero-order valence-electron chi connectivity index (χ0n) is 27.0. The van der Waals surface area contributed by atoms with E-state index in [2.05, 4.69) is 12.2 Å². The summed E-state index contributed by atoms with van der Waals surface area (Å²) in [7, 11) is 0. The number of carbonyl (C=O) groups is 2. The van der Waals surface area contributed by atoms with Crippen molar-refractivity contribution in [2.75, 3.05) is 38.2 Å². The number of hydrogen-bond acceptors (Lipinski definition) is 4. The van der Waals surface area contributed by atoms with Crippen LogP contribution in [0.1, 0.15) is 91.1 Å². The van der Waals surface area contributed by atoms with Crippen LogP contribution in [0.4, 0.5) is 18.9 Å². The molecule has 0 aliphatic rings. The van der Waals surface area contributed by atoms with E-state index in [1.807, 2.05) is 19.9 Å². The van der Waals surface area contributed by atoms with E-state index in [-0.39, 0.29) is 29.5 Å². The van der Waals surface area contributed by atoms with Crippen molar-refractivity contribution >= 4 is 17.6 Å². The van der Waals surface area contributed by atoms with Gasteiger partial charge in [0, 0.05) is 11.3 Å². The predicted molar refractivity (Wildman–Crippen MR) is 171 cm³/mol. The number of carbonyl (C=O) groups excluding carboxylic acids is 2. The molecule has 0 saturated carbocycles. The van der Waals surface area contributed by atoms with Gasteiger partial charge in [0.1, 0.15) is 25.4 Å². The average Bonchev–Trinajstić information content (AvgIpc) is 3.04. The molecular weight excluding hydrogens is 661 g/mol. The monoisotopic (exact) mass is 706 g/mol. The lowest BCUT2D eigenvalue weighted by atomic mass is 10.1. The number of unbranched alkanes of at least 4 members (excludes halogenated alkanes) is 5. The number of halogens is 4. The Morgan fingerprint density at radius 2 is 1.41 bits per heavy atom. The van der Waals surface area contributed by atoms with Crippen molar-refractivity contribution in [2.45, 2.75) is 72.0 Å². The van der Waals surface area contributed by atoms with Crippen molar-refractivity contribution in [1.82, 2.24) is 0 Å². The molecule has 0 aliphatic carbocycles. The number of hydrogen-bond donors (Lipinski definition) is 1. The van der Waals surface area contributed by atoms with Crippen molar-refractivity contribution in [3.05, 3.63) is 95.1 Å². The maximum absolute atomic E-state index is 13.0. The number of alkyl halides is 3. The first kappa shape index (κ1) is 38.8. The number of esters is 1. The molecule has 6 nitrogen and oxygen atoms in total. The summed E-state index contributed by atoms with van der Waals surface area (Å²) in [6.45, 7) is 9.46. The van der Waals surface area contributed by atoms with Crippen molar-refractivity contribution in [3.8, 4) is 5.75 Å². The van der Waals surface area contributed by atoms with Crippen LogP contribution in [0, 0.1) is 0 Å². The highest BCUT2D eigenvalue weighted by Gasteiger charge is 2.31. The standard InChI is InChI=1S/C36H45F3N2O4.BrH/c1-4-7-8-9-10-13-25-44-33-15-12-11-14-32(33)34(42)40-31-22-18-29(19-23-31)35(43)45-26-24-41(5-2,6-3)27-28-16-20-30(21-17-28)36(37,38)39;/h11-12,14-23H,4-10,13,24-27H2,1-3H3;1H. The first-order valence-electron chi connectivity index (χ1n) is 15.9. The highest BCUT2D eigenvalue weighted by molar-refractivity contribution is 6.06. The van der Waals surface area contributed by atoms with Crippen LogP contribution in [0.15, 0.2) is 72.8 Å². The summed E-state index contributed by atoms with van der Waals surface area (Å²) in [5.41, 5.74) is 1.45. The fourth-order valence-electron chi connectivity index (χ4n) is 5.18. The summed E-state index contributed by atoms with van der Waals surface area (Å²) in [6.07, 6.45) is 2.55. The molecule has 0 aliphatic heterocycles. The second kappa shape index (κ2) is 19.3. The van der Waals surface area contributed by atoms with E-state index >= 15 is 0 Å². The summed E-state index contributed by atoms with van der Waals surface area (Å²) >= 11 is 0.